The Morgan fingerprint density at radius 2 is 2.14 bits per heavy atom. The third-order valence-electron chi connectivity index (χ3n) is 3.66. The molecule has 1 aromatic heterocycles. The van der Waals surface area contributed by atoms with E-state index in [2.05, 4.69) is 41.4 Å². The first-order valence-electron chi connectivity index (χ1n) is 7.35. The predicted molar refractivity (Wildman–Crippen MR) is 81.8 cm³/mol. The summed E-state index contributed by atoms with van der Waals surface area (Å²) in [7, 11) is 0. The van der Waals surface area contributed by atoms with Crippen LogP contribution < -0.4 is 10.6 Å². The Morgan fingerprint density at radius 1 is 1.29 bits per heavy atom. The number of nitrogen functional groups attached to an aromatic ring is 1. The number of aromatic nitrogens is 3. The summed E-state index contributed by atoms with van der Waals surface area (Å²) in [6, 6.07) is 6.27. The van der Waals surface area contributed by atoms with Crippen LogP contribution in [0.15, 0.2) is 30.4 Å². The number of nitrogens with two attached hydrogens (primary N) is 1. The Labute approximate surface area is 124 Å². The molecule has 1 aliphatic rings. The van der Waals surface area contributed by atoms with Crippen LogP contribution in [0.4, 0.5) is 0 Å². The van der Waals surface area contributed by atoms with Crippen LogP contribution in [0.1, 0.15) is 36.1 Å². The molecule has 0 saturated carbocycles. The minimum absolute atomic E-state index is 0.689. The van der Waals surface area contributed by atoms with Gasteiger partial charge in [-0.15, -0.1) is 10.2 Å². The van der Waals surface area contributed by atoms with E-state index in [1.165, 1.54) is 11.1 Å². The number of nitrogens with zero attached hydrogens (tertiary/aromatic N) is 3. The zero-order chi connectivity index (χ0) is 14.7. The lowest BCUT2D eigenvalue weighted by molar-refractivity contribution is 0.357. The summed E-state index contributed by atoms with van der Waals surface area (Å²) in [5.74, 6) is 8.65. The van der Waals surface area contributed by atoms with Crippen LogP contribution in [0.2, 0.25) is 0 Å². The van der Waals surface area contributed by atoms with Crippen molar-refractivity contribution in [2.24, 2.45) is 0 Å². The molecule has 0 saturated heterocycles. The maximum Gasteiger partial charge on any atom is 0.156 e. The van der Waals surface area contributed by atoms with Crippen molar-refractivity contribution in [3.05, 3.63) is 53.1 Å². The zero-order valence-electron chi connectivity index (χ0n) is 12.2. The van der Waals surface area contributed by atoms with Crippen molar-refractivity contribution in [3.63, 3.8) is 0 Å². The molecule has 1 aromatic carbocycles. The molecule has 0 unspecified atom stereocenters. The molecule has 0 radical (unpaired) electrons. The molecule has 0 fully saturated rings. The van der Waals surface area contributed by atoms with Crippen molar-refractivity contribution in [1.82, 2.24) is 14.9 Å². The highest BCUT2D eigenvalue weighted by atomic mass is 16.5. The molecule has 0 atom stereocenters. The predicted octanol–water partition coefficient (Wildman–Crippen LogP) is 2.03. The number of allylic oxidation sites excluding steroid dienone is 2. The van der Waals surface area contributed by atoms with Crippen LogP contribution in [0, 0.1) is 0 Å². The number of hydrogen-bond acceptors (Lipinski definition) is 4. The van der Waals surface area contributed by atoms with Gasteiger partial charge in [0.05, 0.1) is 6.61 Å². The topological polar surface area (TPSA) is 66.0 Å². The van der Waals surface area contributed by atoms with Crippen LogP contribution in [-0.4, -0.2) is 21.5 Å². The van der Waals surface area contributed by atoms with Crippen molar-refractivity contribution in [1.29, 1.82) is 0 Å². The Kier molecular flexibility index (Phi) is 3.90. The lowest BCUT2D eigenvalue weighted by Crippen LogP contribution is -2.16. The molecular weight excluding hydrogens is 264 g/mol. The molecule has 2 aromatic rings. The lowest BCUT2D eigenvalue weighted by atomic mass is 10.1. The second-order valence-electron chi connectivity index (χ2n) is 5.20. The summed E-state index contributed by atoms with van der Waals surface area (Å²) in [5, 5.41) is 8.37. The van der Waals surface area contributed by atoms with Gasteiger partial charge in [-0.1, -0.05) is 31.2 Å². The van der Waals surface area contributed by atoms with E-state index >= 15 is 0 Å². The smallest absolute Gasteiger partial charge is 0.156 e. The molecule has 0 spiro atoms. The van der Waals surface area contributed by atoms with Gasteiger partial charge in [0.15, 0.2) is 11.6 Å². The molecule has 2 N–H and O–H groups in total. The van der Waals surface area contributed by atoms with Crippen molar-refractivity contribution < 1.29 is 4.74 Å². The average molecular weight is 284 g/mol. The first-order chi connectivity index (χ1) is 10.3. The van der Waals surface area contributed by atoms with Crippen LogP contribution in [0.3, 0.4) is 0 Å². The highest BCUT2D eigenvalue weighted by Gasteiger charge is 2.14. The van der Waals surface area contributed by atoms with Crippen molar-refractivity contribution in [2.75, 3.05) is 12.4 Å². The first kappa shape index (κ1) is 13.7. The molecule has 0 bridgehead atoms. The maximum absolute atomic E-state index is 6.08. The molecule has 21 heavy (non-hydrogen) atoms. The lowest BCUT2D eigenvalue weighted by Gasteiger charge is -2.05. The molecule has 0 aliphatic carbocycles. The molecule has 5 heteroatoms. The minimum atomic E-state index is 0.689. The molecule has 3 rings (SSSR count). The van der Waals surface area contributed by atoms with Crippen LogP contribution in [0.25, 0.3) is 0 Å². The number of fused-ring (bicyclic) bond motifs is 1. The van der Waals surface area contributed by atoms with Gasteiger partial charge in [0.1, 0.15) is 5.75 Å². The largest absolute Gasteiger partial charge is 0.493 e. The van der Waals surface area contributed by atoms with Gasteiger partial charge < -0.3 is 10.6 Å². The molecular formula is C16H20N4O. The van der Waals surface area contributed by atoms with Gasteiger partial charge in [-0.2, -0.15) is 0 Å². The van der Waals surface area contributed by atoms with E-state index in [1.54, 1.807) is 4.68 Å². The van der Waals surface area contributed by atoms with Gasteiger partial charge in [-0.05, 0) is 23.6 Å². The Morgan fingerprint density at radius 3 is 3.00 bits per heavy atom. The van der Waals surface area contributed by atoms with E-state index in [0.29, 0.717) is 6.42 Å². The van der Waals surface area contributed by atoms with E-state index in [0.717, 1.165) is 43.3 Å². The summed E-state index contributed by atoms with van der Waals surface area (Å²) in [5.41, 5.74) is 2.45. The monoisotopic (exact) mass is 284 g/mol. The summed E-state index contributed by atoms with van der Waals surface area (Å²) >= 11 is 0. The van der Waals surface area contributed by atoms with Crippen LogP contribution in [-0.2, 0) is 19.3 Å². The summed E-state index contributed by atoms with van der Waals surface area (Å²) in [6.45, 7) is 2.88. The Balaban J connectivity index is 1.74. The fourth-order valence-corrected chi connectivity index (χ4v) is 2.51. The molecule has 1 aliphatic heterocycles. The van der Waals surface area contributed by atoms with E-state index in [4.69, 9.17) is 10.6 Å². The van der Waals surface area contributed by atoms with Gasteiger partial charge in [0.25, 0.3) is 0 Å². The minimum Gasteiger partial charge on any atom is -0.493 e. The van der Waals surface area contributed by atoms with Gasteiger partial charge in [-0.25, -0.2) is 4.68 Å². The number of hydrogen-bond donors (Lipinski definition) is 1. The zero-order valence-corrected chi connectivity index (χ0v) is 12.2. The molecule has 5 nitrogen and oxygen atoms in total. The Hall–Kier alpha value is -2.30. The average Bonchev–Trinajstić information content (AvgIpc) is 3.08. The normalized spacial score (nSPS) is 13.6. The number of rotatable bonds is 5. The first-order valence-corrected chi connectivity index (χ1v) is 7.35. The fourth-order valence-electron chi connectivity index (χ4n) is 2.51. The van der Waals surface area contributed by atoms with Gasteiger partial charge in [-0.3, -0.25) is 0 Å². The molecule has 0 amide bonds. The quantitative estimate of drug-likeness (QED) is 0.674. The second kappa shape index (κ2) is 5.99. The van der Waals surface area contributed by atoms with E-state index in [9.17, 15) is 0 Å². The third-order valence-corrected chi connectivity index (χ3v) is 3.66. The van der Waals surface area contributed by atoms with Crippen LogP contribution in [0.5, 0.6) is 5.75 Å². The second-order valence-corrected chi connectivity index (χ2v) is 5.20. The van der Waals surface area contributed by atoms with E-state index in [1.807, 2.05) is 6.07 Å². The maximum atomic E-state index is 6.08. The number of benzene rings is 1. The van der Waals surface area contributed by atoms with Crippen molar-refractivity contribution >= 4 is 0 Å². The molecule has 2 heterocycles. The van der Waals surface area contributed by atoms with Gasteiger partial charge >= 0.3 is 0 Å². The SMILES string of the molecule is CC/C=C\Cc1nnc(Cc2ccc3c(c2)CCO3)n1N. The van der Waals surface area contributed by atoms with Gasteiger partial charge in [0.2, 0.25) is 0 Å². The molecule has 110 valence electrons. The Bertz CT molecular complexity index is 660. The van der Waals surface area contributed by atoms with Crippen molar-refractivity contribution in [2.45, 2.75) is 32.6 Å². The summed E-state index contributed by atoms with van der Waals surface area (Å²) < 4.78 is 7.12. The number of ether oxygens (including phenoxy) is 1. The van der Waals surface area contributed by atoms with Crippen molar-refractivity contribution in [3.8, 4) is 5.75 Å². The fraction of sp³-hybridized carbons (Fsp3) is 0.375. The van der Waals surface area contributed by atoms with E-state index < -0.39 is 0 Å². The van der Waals surface area contributed by atoms with Gasteiger partial charge in [0, 0.05) is 19.3 Å². The summed E-state index contributed by atoms with van der Waals surface area (Å²) in [6.07, 6.45) is 7.58. The third kappa shape index (κ3) is 2.91. The standard InChI is InChI=1S/C16H20N4O/c1-2-3-4-5-15-18-19-16(20(15)17)11-12-6-7-14-13(10-12)8-9-21-14/h3-4,6-7,10H,2,5,8-9,11,17H2,1H3/b4-3-. The van der Waals surface area contributed by atoms with Crippen LogP contribution >= 0.6 is 0 Å². The highest BCUT2D eigenvalue weighted by Crippen LogP contribution is 2.26. The van der Waals surface area contributed by atoms with E-state index in [-0.39, 0.29) is 0 Å². The highest BCUT2D eigenvalue weighted by molar-refractivity contribution is 5.40. The summed E-state index contributed by atoms with van der Waals surface area (Å²) in [4.78, 5) is 0.